The maximum absolute atomic E-state index is 3.45. The average Bonchev–Trinajstić information content (AvgIpc) is 2.49. The van der Waals surface area contributed by atoms with Gasteiger partial charge in [0.1, 0.15) is 7.05 Å². The highest BCUT2D eigenvalue weighted by atomic mass is 79.9. The van der Waals surface area contributed by atoms with Crippen LogP contribution >= 0.6 is 15.9 Å². The molecule has 0 aliphatic carbocycles. The van der Waals surface area contributed by atoms with E-state index in [0.717, 1.165) is 4.47 Å². The molecule has 0 fully saturated rings. The Morgan fingerprint density at radius 3 is 2.40 bits per heavy atom. The standard InChI is InChI=1S/C18H15BrN/c1-20-17(12-8-14-6-10-16(19)11-7-14)13-9-15-4-2-3-5-18(15)20/h2-13H,1H3/q+1/b12-8+. The lowest BCUT2D eigenvalue weighted by molar-refractivity contribution is -0.646. The number of fused-ring (bicyclic) bond motifs is 1. The molecule has 2 heteroatoms. The minimum absolute atomic E-state index is 1.10. The van der Waals surface area contributed by atoms with Gasteiger partial charge < -0.3 is 0 Å². The number of pyridine rings is 1. The second-order valence-corrected chi connectivity index (χ2v) is 5.68. The second kappa shape index (κ2) is 5.59. The Bertz CT molecular complexity index is 773. The number of hydrogen-bond acceptors (Lipinski definition) is 0. The van der Waals surface area contributed by atoms with E-state index < -0.39 is 0 Å². The highest BCUT2D eigenvalue weighted by Crippen LogP contribution is 2.14. The predicted octanol–water partition coefficient (Wildman–Crippen LogP) is 4.60. The number of rotatable bonds is 2. The Balaban J connectivity index is 1.98. The highest BCUT2D eigenvalue weighted by molar-refractivity contribution is 9.10. The van der Waals surface area contributed by atoms with Gasteiger partial charge in [-0.1, -0.05) is 40.2 Å². The summed E-state index contributed by atoms with van der Waals surface area (Å²) in [6.45, 7) is 0. The van der Waals surface area contributed by atoms with Gasteiger partial charge in [-0.3, -0.25) is 0 Å². The SMILES string of the molecule is C[n+]1c(/C=C/c2ccc(Br)cc2)ccc2ccccc21. The summed E-state index contributed by atoms with van der Waals surface area (Å²) in [7, 11) is 2.10. The van der Waals surface area contributed by atoms with Gasteiger partial charge in [-0.25, -0.2) is 0 Å². The molecular formula is C18H15BrN+. The first kappa shape index (κ1) is 13.1. The van der Waals surface area contributed by atoms with Crippen LogP contribution in [0.1, 0.15) is 11.3 Å². The van der Waals surface area contributed by atoms with Gasteiger partial charge in [0.25, 0.3) is 0 Å². The third kappa shape index (κ3) is 2.66. The molecule has 0 N–H and O–H groups in total. The molecule has 2 aromatic carbocycles. The fourth-order valence-corrected chi connectivity index (χ4v) is 2.55. The Morgan fingerprint density at radius 2 is 1.60 bits per heavy atom. The summed E-state index contributed by atoms with van der Waals surface area (Å²) >= 11 is 3.45. The number of aromatic nitrogens is 1. The topological polar surface area (TPSA) is 3.88 Å². The van der Waals surface area contributed by atoms with Crippen molar-refractivity contribution >= 4 is 39.0 Å². The van der Waals surface area contributed by atoms with Crippen molar-refractivity contribution in [2.45, 2.75) is 0 Å². The zero-order chi connectivity index (χ0) is 13.9. The van der Waals surface area contributed by atoms with Gasteiger partial charge in [0.05, 0.1) is 0 Å². The number of para-hydroxylation sites is 1. The van der Waals surface area contributed by atoms with Crippen molar-refractivity contribution in [3.05, 3.63) is 76.4 Å². The zero-order valence-electron chi connectivity index (χ0n) is 11.3. The molecule has 0 aliphatic rings. The largest absolute Gasteiger partial charge is 0.212 e. The monoisotopic (exact) mass is 324 g/mol. The van der Waals surface area contributed by atoms with E-state index in [0.29, 0.717) is 0 Å². The molecule has 0 saturated heterocycles. The Hall–Kier alpha value is -1.93. The van der Waals surface area contributed by atoms with Crippen LogP contribution in [0.2, 0.25) is 0 Å². The molecule has 0 amide bonds. The van der Waals surface area contributed by atoms with Crippen molar-refractivity contribution in [2.24, 2.45) is 7.05 Å². The fourth-order valence-electron chi connectivity index (χ4n) is 2.28. The lowest BCUT2D eigenvalue weighted by Crippen LogP contribution is -2.32. The first-order chi connectivity index (χ1) is 9.74. The number of halogens is 1. The summed E-state index contributed by atoms with van der Waals surface area (Å²) in [5.41, 5.74) is 3.62. The van der Waals surface area contributed by atoms with Crippen molar-refractivity contribution in [3.8, 4) is 0 Å². The minimum atomic E-state index is 1.10. The van der Waals surface area contributed by atoms with Gasteiger partial charge >= 0.3 is 0 Å². The van der Waals surface area contributed by atoms with E-state index in [2.05, 4.69) is 100 Å². The quantitative estimate of drug-likeness (QED) is 0.607. The van der Waals surface area contributed by atoms with Crippen molar-refractivity contribution in [1.29, 1.82) is 0 Å². The van der Waals surface area contributed by atoms with Gasteiger partial charge in [0.2, 0.25) is 11.2 Å². The summed E-state index contributed by atoms with van der Waals surface area (Å²) < 4.78 is 3.32. The molecule has 20 heavy (non-hydrogen) atoms. The third-order valence-electron chi connectivity index (χ3n) is 3.44. The summed E-state index contributed by atoms with van der Waals surface area (Å²) in [6.07, 6.45) is 4.28. The van der Waals surface area contributed by atoms with Crippen LogP contribution in [-0.2, 0) is 7.05 Å². The van der Waals surface area contributed by atoms with E-state index in [1.807, 2.05) is 0 Å². The van der Waals surface area contributed by atoms with Gasteiger partial charge in [0, 0.05) is 28.1 Å². The van der Waals surface area contributed by atoms with Crippen LogP contribution < -0.4 is 4.57 Å². The number of hydrogen-bond donors (Lipinski definition) is 0. The summed E-state index contributed by atoms with van der Waals surface area (Å²) in [5, 5.41) is 1.26. The zero-order valence-corrected chi connectivity index (χ0v) is 12.8. The van der Waals surface area contributed by atoms with E-state index >= 15 is 0 Å². The highest BCUT2D eigenvalue weighted by Gasteiger charge is 2.07. The molecule has 3 aromatic rings. The van der Waals surface area contributed by atoms with E-state index in [-0.39, 0.29) is 0 Å². The lowest BCUT2D eigenvalue weighted by Gasteiger charge is -2.00. The molecule has 0 spiro atoms. The molecule has 0 saturated carbocycles. The smallest absolute Gasteiger partial charge is 0.195 e. The van der Waals surface area contributed by atoms with Gasteiger partial charge in [-0.2, -0.15) is 4.57 Å². The molecule has 0 radical (unpaired) electrons. The van der Waals surface area contributed by atoms with Gasteiger partial charge in [-0.05, 0) is 35.9 Å². The van der Waals surface area contributed by atoms with E-state index in [4.69, 9.17) is 0 Å². The first-order valence-electron chi connectivity index (χ1n) is 6.55. The Morgan fingerprint density at radius 1 is 0.850 bits per heavy atom. The molecule has 1 heterocycles. The van der Waals surface area contributed by atoms with Crippen LogP contribution in [0.4, 0.5) is 0 Å². The number of benzene rings is 2. The summed E-state index contributed by atoms with van der Waals surface area (Å²) in [5.74, 6) is 0. The first-order valence-corrected chi connectivity index (χ1v) is 7.35. The van der Waals surface area contributed by atoms with E-state index in [1.54, 1.807) is 0 Å². The fraction of sp³-hybridized carbons (Fsp3) is 0.0556. The van der Waals surface area contributed by atoms with Crippen LogP contribution in [0.15, 0.2) is 65.1 Å². The van der Waals surface area contributed by atoms with E-state index in [1.165, 1.54) is 22.2 Å². The number of nitrogens with zero attached hydrogens (tertiary/aromatic N) is 1. The molecule has 0 unspecified atom stereocenters. The summed E-state index contributed by atoms with van der Waals surface area (Å²) in [6, 6.07) is 21.0. The number of aryl methyl sites for hydroxylation is 1. The van der Waals surface area contributed by atoms with Gasteiger partial charge in [0.15, 0.2) is 0 Å². The normalized spacial score (nSPS) is 11.3. The second-order valence-electron chi connectivity index (χ2n) is 4.76. The molecule has 0 atom stereocenters. The lowest BCUT2D eigenvalue weighted by atomic mass is 10.1. The predicted molar refractivity (Wildman–Crippen MR) is 88.2 cm³/mol. The maximum Gasteiger partial charge on any atom is 0.212 e. The molecule has 98 valence electrons. The average molecular weight is 325 g/mol. The molecule has 1 nitrogen and oxygen atoms in total. The van der Waals surface area contributed by atoms with Crippen molar-refractivity contribution < 1.29 is 4.57 Å². The maximum atomic E-state index is 3.45. The van der Waals surface area contributed by atoms with Gasteiger partial charge in [-0.15, -0.1) is 0 Å². The van der Waals surface area contributed by atoms with Crippen molar-refractivity contribution in [2.75, 3.05) is 0 Å². The Labute approximate surface area is 127 Å². The molecular weight excluding hydrogens is 310 g/mol. The summed E-state index contributed by atoms with van der Waals surface area (Å²) in [4.78, 5) is 0. The van der Waals surface area contributed by atoms with Crippen LogP contribution in [0, 0.1) is 0 Å². The van der Waals surface area contributed by atoms with Crippen LogP contribution in [0.3, 0.4) is 0 Å². The van der Waals surface area contributed by atoms with Crippen molar-refractivity contribution in [3.63, 3.8) is 0 Å². The van der Waals surface area contributed by atoms with E-state index in [9.17, 15) is 0 Å². The molecule has 1 aromatic heterocycles. The van der Waals surface area contributed by atoms with Crippen LogP contribution in [-0.4, -0.2) is 0 Å². The molecule has 0 aliphatic heterocycles. The molecule has 0 bridgehead atoms. The molecule has 3 rings (SSSR count). The van der Waals surface area contributed by atoms with Crippen LogP contribution in [0.5, 0.6) is 0 Å². The minimum Gasteiger partial charge on any atom is -0.195 e. The third-order valence-corrected chi connectivity index (χ3v) is 3.96. The van der Waals surface area contributed by atoms with Crippen molar-refractivity contribution in [1.82, 2.24) is 0 Å². The van der Waals surface area contributed by atoms with Crippen LogP contribution in [0.25, 0.3) is 23.1 Å². The Kier molecular flexibility index (Phi) is 3.66.